The molecule has 0 aromatic carbocycles. The number of aryl methyl sites for hydroxylation is 4. The van der Waals surface area contributed by atoms with Crippen LogP contribution in [0.2, 0.25) is 0 Å². The number of rotatable bonds is 9. The van der Waals surface area contributed by atoms with Crippen LogP contribution in [0.1, 0.15) is 76.2 Å². The molecule has 2 rings (SSSR count). The van der Waals surface area contributed by atoms with Gasteiger partial charge in [0, 0.05) is 11.4 Å². The summed E-state index contributed by atoms with van der Waals surface area (Å²) in [6, 6.07) is 2.17. The number of nitrogens with zero attached hydrogens (tertiary/aromatic N) is 4. The molecule has 130 valence electrons. The highest BCUT2D eigenvalue weighted by Crippen LogP contribution is 2.25. The summed E-state index contributed by atoms with van der Waals surface area (Å²) < 4.78 is 0. The van der Waals surface area contributed by atoms with E-state index in [0.717, 1.165) is 85.5 Å². The maximum absolute atomic E-state index is 4.87. The van der Waals surface area contributed by atoms with Gasteiger partial charge in [-0.3, -0.25) is 0 Å². The Balaban J connectivity index is 2.59. The van der Waals surface area contributed by atoms with E-state index in [1.807, 2.05) is 0 Å². The Morgan fingerprint density at radius 1 is 0.667 bits per heavy atom. The predicted octanol–water partition coefficient (Wildman–Crippen LogP) is 4.74. The van der Waals surface area contributed by atoms with Crippen LogP contribution in [-0.2, 0) is 25.7 Å². The summed E-state index contributed by atoms with van der Waals surface area (Å²) in [6.07, 6.45) is 9.88. The van der Waals surface area contributed by atoms with Crippen LogP contribution < -0.4 is 0 Å². The largest absolute Gasteiger partial charge is 0.241 e. The fourth-order valence-corrected chi connectivity index (χ4v) is 3.01. The Labute approximate surface area is 146 Å². The summed E-state index contributed by atoms with van der Waals surface area (Å²) in [4.78, 5) is 18.8. The second kappa shape index (κ2) is 9.45. The third kappa shape index (κ3) is 4.59. The Bertz CT molecular complexity index is 604. The van der Waals surface area contributed by atoms with E-state index in [1.165, 1.54) is 0 Å². The van der Waals surface area contributed by atoms with E-state index in [0.29, 0.717) is 0 Å². The molecular formula is C20H30N4. The SMILES string of the molecule is CCCc1cc(CCC)nc(-c2c(CCC)ncnc2CCC)n1. The van der Waals surface area contributed by atoms with Gasteiger partial charge < -0.3 is 0 Å². The molecule has 0 saturated carbocycles. The summed E-state index contributed by atoms with van der Waals surface area (Å²) >= 11 is 0. The second-order valence-corrected chi connectivity index (χ2v) is 6.32. The van der Waals surface area contributed by atoms with Gasteiger partial charge in [0.05, 0.1) is 17.0 Å². The third-order valence-electron chi connectivity index (χ3n) is 4.05. The minimum absolute atomic E-state index is 0.830. The van der Waals surface area contributed by atoms with Gasteiger partial charge in [0.1, 0.15) is 6.33 Å². The lowest BCUT2D eigenvalue weighted by Gasteiger charge is -2.13. The van der Waals surface area contributed by atoms with Crippen LogP contribution in [0.5, 0.6) is 0 Å². The van der Waals surface area contributed by atoms with Crippen LogP contribution in [0.3, 0.4) is 0 Å². The Morgan fingerprint density at radius 3 is 1.54 bits per heavy atom. The average molecular weight is 326 g/mol. The number of aromatic nitrogens is 4. The van der Waals surface area contributed by atoms with Gasteiger partial charge in [-0.2, -0.15) is 0 Å². The van der Waals surface area contributed by atoms with Gasteiger partial charge in [0.15, 0.2) is 5.82 Å². The van der Waals surface area contributed by atoms with Crippen molar-refractivity contribution in [3.05, 3.63) is 35.2 Å². The molecule has 0 bridgehead atoms. The number of hydrogen-bond donors (Lipinski definition) is 0. The van der Waals surface area contributed by atoms with E-state index in [-0.39, 0.29) is 0 Å². The number of hydrogen-bond acceptors (Lipinski definition) is 4. The maximum atomic E-state index is 4.87. The van der Waals surface area contributed by atoms with Crippen LogP contribution in [0, 0.1) is 0 Å². The molecule has 4 heteroatoms. The van der Waals surface area contributed by atoms with Crippen molar-refractivity contribution in [3.8, 4) is 11.4 Å². The average Bonchev–Trinajstić information content (AvgIpc) is 2.56. The molecule has 0 radical (unpaired) electrons. The highest BCUT2D eigenvalue weighted by Gasteiger charge is 2.17. The van der Waals surface area contributed by atoms with Gasteiger partial charge in [-0.15, -0.1) is 0 Å². The van der Waals surface area contributed by atoms with E-state index < -0.39 is 0 Å². The summed E-state index contributed by atoms with van der Waals surface area (Å²) in [6.45, 7) is 8.75. The van der Waals surface area contributed by atoms with Gasteiger partial charge in [0.25, 0.3) is 0 Å². The summed E-state index contributed by atoms with van der Waals surface area (Å²) in [5, 5.41) is 0. The van der Waals surface area contributed by atoms with Gasteiger partial charge >= 0.3 is 0 Å². The zero-order chi connectivity index (χ0) is 17.4. The molecule has 2 heterocycles. The van der Waals surface area contributed by atoms with Gasteiger partial charge in [-0.25, -0.2) is 19.9 Å². The molecule has 2 aromatic heterocycles. The fourth-order valence-electron chi connectivity index (χ4n) is 3.01. The second-order valence-electron chi connectivity index (χ2n) is 6.32. The standard InChI is InChI=1S/C20H30N4/c1-5-9-15-13-16(10-6-2)24-20(23-15)19-17(11-7-3)21-14-22-18(19)12-8-4/h13-14H,5-12H2,1-4H3. The van der Waals surface area contributed by atoms with E-state index in [9.17, 15) is 0 Å². The van der Waals surface area contributed by atoms with Crippen LogP contribution in [-0.4, -0.2) is 19.9 Å². The molecule has 0 aliphatic rings. The van der Waals surface area contributed by atoms with E-state index in [2.05, 4.69) is 43.7 Å². The van der Waals surface area contributed by atoms with E-state index in [4.69, 9.17) is 9.97 Å². The summed E-state index contributed by atoms with van der Waals surface area (Å²) in [5.41, 5.74) is 5.54. The highest BCUT2D eigenvalue weighted by molar-refractivity contribution is 5.61. The zero-order valence-electron chi connectivity index (χ0n) is 15.6. The normalized spacial score (nSPS) is 11.0. The molecule has 0 saturated heterocycles. The Morgan fingerprint density at radius 2 is 1.12 bits per heavy atom. The maximum Gasteiger partial charge on any atom is 0.163 e. The van der Waals surface area contributed by atoms with E-state index >= 15 is 0 Å². The molecule has 0 fully saturated rings. The first kappa shape index (κ1) is 18.5. The summed E-state index contributed by atoms with van der Waals surface area (Å²) in [7, 11) is 0. The van der Waals surface area contributed by atoms with Crippen molar-refractivity contribution in [1.29, 1.82) is 0 Å². The van der Waals surface area contributed by atoms with E-state index in [1.54, 1.807) is 6.33 Å². The summed E-state index contributed by atoms with van der Waals surface area (Å²) in [5.74, 6) is 0.830. The molecule has 0 N–H and O–H groups in total. The minimum atomic E-state index is 0.830. The zero-order valence-corrected chi connectivity index (χ0v) is 15.6. The van der Waals surface area contributed by atoms with Crippen LogP contribution in [0.4, 0.5) is 0 Å². The van der Waals surface area contributed by atoms with Crippen molar-refractivity contribution in [2.75, 3.05) is 0 Å². The van der Waals surface area contributed by atoms with Gasteiger partial charge in [0.2, 0.25) is 0 Å². The lowest BCUT2D eigenvalue weighted by molar-refractivity contribution is 0.811. The molecular weight excluding hydrogens is 296 g/mol. The molecule has 4 nitrogen and oxygen atoms in total. The molecule has 0 aliphatic carbocycles. The molecule has 0 aliphatic heterocycles. The van der Waals surface area contributed by atoms with Crippen molar-refractivity contribution in [2.24, 2.45) is 0 Å². The fraction of sp³-hybridized carbons (Fsp3) is 0.600. The van der Waals surface area contributed by atoms with Crippen molar-refractivity contribution in [3.63, 3.8) is 0 Å². The molecule has 0 atom stereocenters. The first-order valence-corrected chi connectivity index (χ1v) is 9.43. The predicted molar refractivity (Wildman–Crippen MR) is 99.0 cm³/mol. The molecule has 0 amide bonds. The van der Waals surface area contributed by atoms with Crippen LogP contribution in [0.15, 0.2) is 12.4 Å². The topological polar surface area (TPSA) is 51.6 Å². The monoisotopic (exact) mass is 326 g/mol. The lowest BCUT2D eigenvalue weighted by Crippen LogP contribution is -2.07. The third-order valence-corrected chi connectivity index (χ3v) is 4.05. The Kier molecular flexibility index (Phi) is 7.29. The smallest absolute Gasteiger partial charge is 0.163 e. The first-order valence-electron chi connectivity index (χ1n) is 9.43. The van der Waals surface area contributed by atoms with Crippen molar-refractivity contribution in [2.45, 2.75) is 79.1 Å². The quantitative estimate of drug-likeness (QED) is 0.667. The van der Waals surface area contributed by atoms with Crippen LogP contribution in [0.25, 0.3) is 11.4 Å². The minimum Gasteiger partial charge on any atom is -0.241 e. The molecule has 0 unspecified atom stereocenters. The lowest BCUT2D eigenvalue weighted by atomic mass is 10.0. The van der Waals surface area contributed by atoms with Gasteiger partial charge in [-0.05, 0) is 31.7 Å². The van der Waals surface area contributed by atoms with Gasteiger partial charge in [-0.1, -0.05) is 53.4 Å². The van der Waals surface area contributed by atoms with Crippen molar-refractivity contribution < 1.29 is 0 Å². The highest BCUT2D eigenvalue weighted by atomic mass is 14.9. The first-order chi connectivity index (χ1) is 11.7. The molecule has 0 spiro atoms. The van der Waals surface area contributed by atoms with Crippen molar-refractivity contribution in [1.82, 2.24) is 19.9 Å². The Hall–Kier alpha value is -1.84. The van der Waals surface area contributed by atoms with Crippen molar-refractivity contribution >= 4 is 0 Å². The molecule has 2 aromatic rings. The van der Waals surface area contributed by atoms with Crippen LogP contribution >= 0.6 is 0 Å². The molecule has 24 heavy (non-hydrogen) atoms.